The molecule has 2 heterocycles. The van der Waals surface area contributed by atoms with Gasteiger partial charge in [0.25, 0.3) is 0 Å². The van der Waals surface area contributed by atoms with E-state index in [4.69, 9.17) is 0 Å². The summed E-state index contributed by atoms with van der Waals surface area (Å²) in [7, 11) is 0. The lowest BCUT2D eigenvalue weighted by Gasteiger charge is -2.17. The first-order chi connectivity index (χ1) is 8.90. The summed E-state index contributed by atoms with van der Waals surface area (Å²) in [4.78, 5) is 12.9. The first-order valence-corrected chi connectivity index (χ1v) is 6.29. The maximum atomic E-state index is 4.38. The van der Waals surface area contributed by atoms with E-state index >= 15 is 0 Å². The molecule has 18 heavy (non-hydrogen) atoms. The Bertz CT molecular complexity index is 444. The zero-order valence-corrected chi connectivity index (χ0v) is 10.6. The number of nitrogens with one attached hydrogen (secondary N) is 1. The lowest BCUT2D eigenvalue weighted by molar-refractivity contribution is 0.511. The van der Waals surface area contributed by atoms with Gasteiger partial charge in [0.05, 0.1) is 11.7 Å². The molecule has 1 N–H and O–H groups in total. The van der Waals surface area contributed by atoms with Gasteiger partial charge in [0.2, 0.25) is 0 Å². The van der Waals surface area contributed by atoms with Crippen LogP contribution < -0.4 is 5.32 Å². The van der Waals surface area contributed by atoms with Crippen LogP contribution in [0.25, 0.3) is 0 Å². The molecule has 0 aliphatic rings. The molecule has 0 spiro atoms. The SMILES string of the molecule is CCCNC(Cc1ccccn1)c1cnccn1. The highest BCUT2D eigenvalue weighted by Gasteiger charge is 2.13. The number of pyridine rings is 1. The van der Waals surface area contributed by atoms with Crippen molar-refractivity contribution in [2.24, 2.45) is 0 Å². The van der Waals surface area contributed by atoms with E-state index < -0.39 is 0 Å². The lowest BCUT2D eigenvalue weighted by Crippen LogP contribution is -2.25. The first kappa shape index (κ1) is 12.6. The van der Waals surface area contributed by atoms with E-state index in [1.54, 1.807) is 12.4 Å². The Kier molecular flexibility index (Phi) is 4.78. The summed E-state index contributed by atoms with van der Waals surface area (Å²) in [5.74, 6) is 0. The van der Waals surface area contributed by atoms with Gasteiger partial charge >= 0.3 is 0 Å². The number of hydrogen-bond acceptors (Lipinski definition) is 4. The fraction of sp³-hybridized carbons (Fsp3) is 0.357. The third-order valence-electron chi connectivity index (χ3n) is 2.72. The predicted molar refractivity (Wildman–Crippen MR) is 71.0 cm³/mol. The molecule has 0 amide bonds. The summed E-state index contributed by atoms with van der Waals surface area (Å²) in [5.41, 5.74) is 2.04. The van der Waals surface area contributed by atoms with Gasteiger partial charge < -0.3 is 5.32 Å². The van der Waals surface area contributed by atoms with Gasteiger partial charge in [0, 0.05) is 36.9 Å². The van der Waals surface area contributed by atoms with Crippen LogP contribution in [0.1, 0.15) is 30.8 Å². The molecule has 2 rings (SSSR count). The van der Waals surface area contributed by atoms with Crippen molar-refractivity contribution >= 4 is 0 Å². The van der Waals surface area contributed by atoms with Crippen LogP contribution in [0.5, 0.6) is 0 Å². The topological polar surface area (TPSA) is 50.7 Å². The maximum absolute atomic E-state index is 4.38. The number of hydrogen-bond donors (Lipinski definition) is 1. The molecule has 0 aromatic carbocycles. The van der Waals surface area contributed by atoms with Gasteiger partial charge in [0.15, 0.2) is 0 Å². The van der Waals surface area contributed by atoms with Crippen molar-refractivity contribution in [3.8, 4) is 0 Å². The Morgan fingerprint density at radius 1 is 1.17 bits per heavy atom. The first-order valence-electron chi connectivity index (χ1n) is 6.29. The third-order valence-corrected chi connectivity index (χ3v) is 2.72. The molecular weight excluding hydrogens is 224 g/mol. The molecule has 4 nitrogen and oxygen atoms in total. The molecule has 0 fully saturated rings. The van der Waals surface area contributed by atoms with Gasteiger partial charge in [-0.3, -0.25) is 15.0 Å². The van der Waals surface area contributed by atoms with E-state index in [1.807, 2.05) is 30.6 Å². The van der Waals surface area contributed by atoms with Gasteiger partial charge in [-0.2, -0.15) is 0 Å². The van der Waals surface area contributed by atoms with Crippen molar-refractivity contribution in [1.82, 2.24) is 20.3 Å². The van der Waals surface area contributed by atoms with E-state index in [0.717, 1.165) is 30.8 Å². The Morgan fingerprint density at radius 3 is 2.78 bits per heavy atom. The van der Waals surface area contributed by atoms with Crippen LogP contribution in [0, 0.1) is 0 Å². The second-order valence-electron chi connectivity index (χ2n) is 4.16. The number of rotatable bonds is 6. The van der Waals surface area contributed by atoms with Crippen LogP contribution in [0.15, 0.2) is 43.0 Å². The highest BCUT2D eigenvalue weighted by molar-refractivity contribution is 5.11. The zero-order valence-electron chi connectivity index (χ0n) is 10.6. The molecular formula is C14H18N4. The van der Waals surface area contributed by atoms with Crippen molar-refractivity contribution < 1.29 is 0 Å². The van der Waals surface area contributed by atoms with E-state index in [-0.39, 0.29) is 6.04 Å². The summed E-state index contributed by atoms with van der Waals surface area (Å²) in [6.45, 7) is 3.12. The second-order valence-corrected chi connectivity index (χ2v) is 4.16. The van der Waals surface area contributed by atoms with E-state index in [1.165, 1.54) is 0 Å². The van der Waals surface area contributed by atoms with Crippen LogP contribution in [-0.4, -0.2) is 21.5 Å². The molecule has 2 aromatic rings. The molecule has 94 valence electrons. The average molecular weight is 242 g/mol. The minimum absolute atomic E-state index is 0.175. The van der Waals surface area contributed by atoms with Crippen molar-refractivity contribution in [1.29, 1.82) is 0 Å². The Hall–Kier alpha value is -1.81. The average Bonchev–Trinajstić information content (AvgIpc) is 2.45. The van der Waals surface area contributed by atoms with Crippen molar-refractivity contribution in [2.75, 3.05) is 6.54 Å². The molecule has 1 atom stereocenters. The minimum Gasteiger partial charge on any atom is -0.308 e. The molecule has 0 bridgehead atoms. The van der Waals surface area contributed by atoms with Crippen LogP contribution in [-0.2, 0) is 6.42 Å². The van der Waals surface area contributed by atoms with Gasteiger partial charge in [-0.25, -0.2) is 0 Å². The molecule has 1 unspecified atom stereocenters. The summed E-state index contributed by atoms with van der Waals surface area (Å²) >= 11 is 0. The van der Waals surface area contributed by atoms with E-state index in [2.05, 4.69) is 27.2 Å². The molecule has 0 saturated heterocycles. The van der Waals surface area contributed by atoms with Gasteiger partial charge in [-0.05, 0) is 25.1 Å². The second kappa shape index (κ2) is 6.81. The number of aromatic nitrogens is 3. The molecule has 0 aliphatic heterocycles. The normalized spacial score (nSPS) is 12.3. The highest BCUT2D eigenvalue weighted by Crippen LogP contribution is 2.14. The van der Waals surface area contributed by atoms with Crippen molar-refractivity contribution in [3.63, 3.8) is 0 Å². The predicted octanol–water partition coefficient (Wildman–Crippen LogP) is 2.16. The van der Waals surface area contributed by atoms with Gasteiger partial charge in [-0.1, -0.05) is 13.0 Å². The monoisotopic (exact) mass is 242 g/mol. The van der Waals surface area contributed by atoms with Gasteiger partial charge in [-0.15, -0.1) is 0 Å². The molecule has 0 radical (unpaired) electrons. The number of nitrogens with zero attached hydrogens (tertiary/aromatic N) is 3. The fourth-order valence-corrected chi connectivity index (χ4v) is 1.82. The Morgan fingerprint density at radius 2 is 2.11 bits per heavy atom. The smallest absolute Gasteiger partial charge is 0.0760 e. The fourth-order valence-electron chi connectivity index (χ4n) is 1.82. The molecule has 2 aromatic heterocycles. The molecule has 0 saturated carbocycles. The van der Waals surface area contributed by atoms with Gasteiger partial charge in [0.1, 0.15) is 0 Å². The molecule has 0 aliphatic carbocycles. The van der Waals surface area contributed by atoms with Crippen LogP contribution in [0.3, 0.4) is 0 Å². The quantitative estimate of drug-likeness (QED) is 0.843. The largest absolute Gasteiger partial charge is 0.308 e. The Labute approximate surface area is 108 Å². The van der Waals surface area contributed by atoms with Crippen LogP contribution >= 0.6 is 0 Å². The molecule has 4 heteroatoms. The van der Waals surface area contributed by atoms with Crippen molar-refractivity contribution in [3.05, 3.63) is 54.4 Å². The standard InChI is InChI=1S/C14H18N4/c1-2-6-17-13(14-11-15-8-9-18-14)10-12-5-3-4-7-16-12/h3-5,7-9,11,13,17H,2,6,10H2,1H3. The summed E-state index contributed by atoms with van der Waals surface area (Å²) in [5, 5.41) is 3.49. The van der Waals surface area contributed by atoms with E-state index in [9.17, 15) is 0 Å². The van der Waals surface area contributed by atoms with Crippen LogP contribution in [0.4, 0.5) is 0 Å². The summed E-state index contributed by atoms with van der Waals surface area (Å²) < 4.78 is 0. The Balaban J connectivity index is 2.10. The summed E-state index contributed by atoms with van der Waals surface area (Å²) in [6.07, 6.45) is 8.99. The maximum Gasteiger partial charge on any atom is 0.0760 e. The third kappa shape index (κ3) is 3.60. The minimum atomic E-state index is 0.175. The summed E-state index contributed by atoms with van der Waals surface area (Å²) in [6, 6.07) is 6.15. The van der Waals surface area contributed by atoms with Crippen LogP contribution in [0.2, 0.25) is 0 Å². The highest BCUT2D eigenvalue weighted by atomic mass is 14.9. The zero-order chi connectivity index (χ0) is 12.6. The lowest BCUT2D eigenvalue weighted by atomic mass is 10.1. The van der Waals surface area contributed by atoms with E-state index in [0.29, 0.717) is 0 Å². The van der Waals surface area contributed by atoms with Crippen molar-refractivity contribution in [2.45, 2.75) is 25.8 Å².